The third-order valence-corrected chi connectivity index (χ3v) is 1.80. The molecule has 3 nitrogen and oxygen atoms in total. The first-order chi connectivity index (χ1) is 5.25. The van der Waals surface area contributed by atoms with Crippen LogP contribution in [0.1, 0.15) is 13.3 Å². The molecule has 11 heavy (non-hydrogen) atoms. The third-order valence-electron chi connectivity index (χ3n) is 1.80. The Bertz CT molecular complexity index is 194. The van der Waals surface area contributed by atoms with Crippen LogP contribution in [0, 0.1) is 0 Å². The first-order valence-electron chi connectivity index (χ1n) is 3.54. The molecule has 0 saturated heterocycles. The van der Waals surface area contributed by atoms with Gasteiger partial charge in [0.15, 0.2) is 5.78 Å². The van der Waals surface area contributed by atoms with Gasteiger partial charge in [0.05, 0.1) is 6.61 Å². The average molecular weight is 156 g/mol. The molecule has 0 saturated carbocycles. The van der Waals surface area contributed by atoms with E-state index in [0.29, 0.717) is 19.8 Å². The Morgan fingerprint density at radius 2 is 2.27 bits per heavy atom. The van der Waals surface area contributed by atoms with Gasteiger partial charge in [0.1, 0.15) is 6.79 Å². The molecule has 0 atom stereocenters. The summed E-state index contributed by atoms with van der Waals surface area (Å²) in [5.74, 6) is 0.237. The molecular formula is C8H12O3. The van der Waals surface area contributed by atoms with Crippen LogP contribution in [0.3, 0.4) is 0 Å². The monoisotopic (exact) mass is 156 g/mol. The highest BCUT2D eigenvalue weighted by Gasteiger charge is 2.22. The zero-order chi connectivity index (χ0) is 8.27. The van der Waals surface area contributed by atoms with Gasteiger partial charge in [-0.3, -0.25) is 4.79 Å². The van der Waals surface area contributed by atoms with Gasteiger partial charge in [0.2, 0.25) is 0 Å². The smallest absolute Gasteiger partial charge is 0.162 e. The van der Waals surface area contributed by atoms with Gasteiger partial charge in [0.25, 0.3) is 0 Å². The molecule has 0 aromatic carbocycles. The van der Waals surface area contributed by atoms with E-state index in [0.717, 1.165) is 11.1 Å². The molecule has 0 aromatic rings. The molecule has 1 rings (SSSR count). The molecule has 0 unspecified atom stereocenters. The predicted molar refractivity (Wildman–Crippen MR) is 40.2 cm³/mol. The molecule has 0 aliphatic heterocycles. The van der Waals surface area contributed by atoms with Crippen molar-refractivity contribution in [2.75, 3.05) is 20.5 Å². The van der Waals surface area contributed by atoms with Crippen LogP contribution in [0.15, 0.2) is 11.1 Å². The zero-order valence-electron chi connectivity index (χ0n) is 6.85. The van der Waals surface area contributed by atoms with Crippen LogP contribution in [0.2, 0.25) is 0 Å². The molecule has 0 fully saturated rings. The number of ketones is 1. The van der Waals surface area contributed by atoms with E-state index in [1.165, 1.54) is 0 Å². The summed E-state index contributed by atoms with van der Waals surface area (Å²) >= 11 is 0. The molecule has 3 heteroatoms. The van der Waals surface area contributed by atoms with Crippen molar-refractivity contribution in [2.24, 2.45) is 0 Å². The minimum atomic E-state index is 0.237. The summed E-state index contributed by atoms with van der Waals surface area (Å²) in [7, 11) is 1.58. The summed E-state index contributed by atoms with van der Waals surface area (Å²) in [5, 5.41) is 0. The van der Waals surface area contributed by atoms with Gasteiger partial charge in [-0.15, -0.1) is 0 Å². The lowest BCUT2D eigenvalue weighted by Gasteiger charge is -2.18. The van der Waals surface area contributed by atoms with Gasteiger partial charge in [-0.05, 0) is 18.1 Å². The Morgan fingerprint density at radius 1 is 1.55 bits per heavy atom. The van der Waals surface area contributed by atoms with Crippen LogP contribution in [0.25, 0.3) is 0 Å². The summed E-state index contributed by atoms with van der Waals surface area (Å²) < 4.78 is 9.77. The lowest BCUT2D eigenvalue weighted by molar-refractivity contribution is -0.117. The number of allylic oxidation sites excluding steroid dienone is 1. The number of hydrogen-bond donors (Lipinski definition) is 0. The second-order valence-corrected chi connectivity index (χ2v) is 2.58. The van der Waals surface area contributed by atoms with Gasteiger partial charge in [-0.2, -0.15) is 0 Å². The van der Waals surface area contributed by atoms with Crippen LogP contribution < -0.4 is 0 Å². The van der Waals surface area contributed by atoms with Gasteiger partial charge < -0.3 is 9.47 Å². The highest BCUT2D eigenvalue weighted by atomic mass is 16.7. The Morgan fingerprint density at radius 3 is 2.73 bits per heavy atom. The summed E-state index contributed by atoms with van der Waals surface area (Å²) in [6, 6.07) is 0. The van der Waals surface area contributed by atoms with Crippen molar-refractivity contribution in [3.63, 3.8) is 0 Å². The maximum Gasteiger partial charge on any atom is 0.162 e. The van der Waals surface area contributed by atoms with Gasteiger partial charge >= 0.3 is 0 Å². The summed E-state index contributed by atoms with van der Waals surface area (Å²) in [6.45, 7) is 2.66. The molecule has 0 amide bonds. The van der Waals surface area contributed by atoms with E-state index in [4.69, 9.17) is 9.47 Å². The Labute approximate surface area is 66.0 Å². The Kier molecular flexibility index (Phi) is 2.79. The van der Waals surface area contributed by atoms with Crippen LogP contribution >= 0.6 is 0 Å². The topological polar surface area (TPSA) is 35.5 Å². The second kappa shape index (κ2) is 3.64. The number of carbonyl (C=O) groups is 1. The lowest BCUT2D eigenvalue weighted by atomic mass is 9.89. The van der Waals surface area contributed by atoms with Crippen molar-refractivity contribution in [3.05, 3.63) is 11.1 Å². The Hall–Kier alpha value is -0.670. The van der Waals surface area contributed by atoms with Gasteiger partial charge in [-0.1, -0.05) is 0 Å². The molecule has 62 valence electrons. The van der Waals surface area contributed by atoms with E-state index < -0.39 is 0 Å². The number of Topliss-reactive ketones (excluding diaryl/α,β-unsaturated/α-hetero) is 1. The number of rotatable bonds is 4. The molecule has 0 spiro atoms. The van der Waals surface area contributed by atoms with Gasteiger partial charge in [0, 0.05) is 13.5 Å². The fraction of sp³-hybridized carbons (Fsp3) is 0.625. The van der Waals surface area contributed by atoms with Crippen molar-refractivity contribution in [1.82, 2.24) is 0 Å². The van der Waals surface area contributed by atoms with Crippen molar-refractivity contribution in [3.8, 4) is 0 Å². The van der Waals surface area contributed by atoms with Crippen LogP contribution in [0.4, 0.5) is 0 Å². The normalized spacial score (nSPS) is 17.1. The summed E-state index contributed by atoms with van der Waals surface area (Å²) in [4.78, 5) is 10.7. The van der Waals surface area contributed by atoms with E-state index >= 15 is 0 Å². The number of hydrogen-bond acceptors (Lipinski definition) is 3. The van der Waals surface area contributed by atoms with Crippen LogP contribution in [-0.4, -0.2) is 26.3 Å². The molecule has 0 aromatic heterocycles. The number of ether oxygens (including phenoxy) is 2. The minimum absolute atomic E-state index is 0.237. The van der Waals surface area contributed by atoms with Crippen LogP contribution in [0.5, 0.6) is 0 Å². The van der Waals surface area contributed by atoms with Crippen molar-refractivity contribution >= 4 is 5.78 Å². The fourth-order valence-electron chi connectivity index (χ4n) is 0.957. The summed E-state index contributed by atoms with van der Waals surface area (Å²) in [6.07, 6.45) is 0.565. The highest BCUT2D eigenvalue weighted by molar-refractivity contribution is 6.03. The lowest BCUT2D eigenvalue weighted by Crippen LogP contribution is -2.19. The van der Waals surface area contributed by atoms with E-state index in [1.807, 2.05) is 6.92 Å². The zero-order valence-corrected chi connectivity index (χ0v) is 6.85. The number of carbonyl (C=O) groups excluding carboxylic acids is 1. The maximum absolute atomic E-state index is 10.7. The second-order valence-electron chi connectivity index (χ2n) is 2.58. The van der Waals surface area contributed by atoms with Gasteiger partial charge in [-0.25, -0.2) is 0 Å². The molecule has 0 bridgehead atoms. The average Bonchev–Trinajstić information content (AvgIpc) is 2.03. The summed E-state index contributed by atoms with van der Waals surface area (Å²) in [5.41, 5.74) is 1.97. The third kappa shape index (κ3) is 1.88. The molecule has 0 radical (unpaired) electrons. The molecular weight excluding hydrogens is 144 g/mol. The van der Waals surface area contributed by atoms with E-state index in [-0.39, 0.29) is 5.78 Å². The largest absolute Gasteiger partial charge is 0.359 e. The molecule has 0 N–H and O–H groups in total. The minimum Gasteiger partial charge on any atom is -0.359 e. The number of methoxy groups -OCH3 is 1. The maximum atomic E-state index is 10.7. The van der Waals surface area contributed by atoms with E-state index in [1.54, 1.807) is 7.11 Å². The van der Waals surface area contributed by atoms with Crippen LogP contribution in [-0.2, 0) is 14.3 Å². The van der Waals surface area contributed by atoms with Crippen molar-refractivity contribution in [2.45, 2.75) is 13.3 Å². The van der Waals surface area contributed by atoms with E-state index in [2.05, 4.69) is 0 Å². The molecule has 1 aliphatic rings. The quantitative estimate of drug-likeness (QED) is 0.448. The first kappa shape index (κ1) is 8.43. The molecule has 0 heterocycles. The SMILES string of the molecule is COCOCC1=C(C)C(=O)C1. The first-order valence-corrected chi connectivity index (χ1v) is 3.54. The predicted octanol–water partition coefficient (Wildman–Crippen LogP) is 0.896. The highest BCUT2D eigenvalue weighted by Crippen LogP contribution is 2.23. The Balaban J connectivity index is 2.24. The fourth-order valence-corrected chi connectivity index (χ4v) is 0.957. The van der Waals surface area contributed by atoms with E-state index in [9.17, 15) is 4.79 Å². The van der Waals surface area contributed by atoms with Crippen molar-refractivity contribution in [1.29, 1.82) is 0 Å². The standard InChI is InChI=1S/C8H12O3/c1-6-7(3-8(6)9)4-11-5-10-2/h3-5H2,1-2H3. The molecule has 1 aliphatic carbocycles. The van der Waals surface area contributed by atoms with Crippen molar-refractivity contribution < 1.29 is 14.3 Å².